The summed E-state index contributed by atoms with van der Waals surface area (Å²) in [4.78, 5) is 48.8. The molecule has 0 aliphatic heterocycles. The van der Waals surface area contributed by atoms with Crippen LogP contribution in [0.1, 0.15) is 51.2 Å². The molecule has 0 fully saturated rings. The average molecular weight is 555 g/mol. The van der Waals surface area contributed by atoms with Crippen LogP contribution >= 0.6 is 11.3 Å². The maximum absolute atomic E-state index is 12.8. The Kier molecular flexibility index (Phi) is 9.12. The summed E-state index contributed by atoms with van der Waals surface area (Å²) < 4.78 is 19.6. The van der Waals surface area contributed by atoms with Crippen LogP contribution in [0, 0.1) is 10.4 Å². The van der Waals surface area contributed by atoms with E-state index in [1.807, 2.05) is 0 Å². The Bertz CT molecular complexity index is 1330. The Hall–Kier alpha value is -5.04. The van der Waals surface area contributed by atoms with Crippen LogP contribution in [0.3, 0.4) is 0 Å². The van der Waals surface area contributed by atoms with Crippen molar-refractivity contribution in [3.8, 4) is 0 Å². The first-order chi connectivity index (χ1) is 18.6. The van der Waals surface area contributed by atoms with Crippen LogP contribution in [0.4, 0.5) is 11.4 Å². The lowest BCUT2D eigenvalue weighted by molar-refractivity contribution is -0.354. The predicted molar refractivity (Wildman–Crippen MR) is 139 cm³/mol. The molecule has 39 heavy (non-hydrogen) atoms. The summed E-state index contributed by atoms with van der Waals surface area (Å²) in [7, 11) is 4.66. The van der Waals surface area contributed by atoms with Crippen molar-refractivity contribution in [2.24, 2.45) is 0 Å². The Labute approximate surface area is 226 Å². The van der Waals surface area contributed by atoms with Crippen LogP contribution in [0.25, 0.3) is 0 Å². The minimum absolute atomic E-state index is 0.0210. The van der Waals surface area contributed by atoms with Crippen LogP contribution in [0.5, 0.6) is 0 Å². The van der Waals surface area contributed by atoms with E-state index in [9.17, 15) is 29.6 Å². The van der Waals surface area contributed by atoms with E-state index in [0.717, 1.165) is 11.3 Å². The standard InChI is InChI=1S/C26H22N2O10S/c1-35-23(29)15-7-16(24(30)36-2)10-19(9-15)27(33)13-21-5-6-22(39-21)14-28(34)20-11-17(25(31)37-3)8-18(12-20)26(32)38-4/h5-14H,1-4H3/b27-13-,28-14-. The zero-order chi connectivity index (χ0) is 28.7. The summed E-state index contributed by atoms with van der Waals surface area (Å²) in [6.45, 7) is 0. The molecule has 0 atom stereocenters. The van der Waals surface area contributed by atoms with Crippen LogP contribution in [-0.4, -0.2) is 74.2 Å². The molecule has 0 radical (unpaired) electrons. The van der Waals surface area contributed by atoms with Crippen molar-refractivity contribution in [2.75, 3.05) is 28.4 Å². The maximum atomic E-state index is 12.8. The smallest absolute Gasteiger partial charge is 0.338 e. The Morgan fingerprint density at radius 1 is 0.590 bits per heavy atom. The number of hydrogen-bond donors (Lipinski definition) is 0. The summed E-state index contributed by atoms with van der Waals surface area (Å²) in [5.74, 6) is -2.98. The molecule has 12 nitrogen and oxygen atoms in total. The molecule has 0 saturated heterocycles. The fourth-order valence-electron chi connectivity index (χ4n) is 3.31. The van der Waals surface area contributed by atoms with E-state index in [0.29, 0.717) is 19.2 Å². The van der Waals surface area contributed by atoms with Crippen LogP contribution in [0.2, 0.25) is 0 Å². The lowest BCUT2D eigenvalue weighted by Crippen LogP contribution is -2.09. The van der Waals surface area contributed by atoms with Gasteiger partial charge >= 0.3 is 23.9 Å². The fourth-order valence-corrected chi connectivity index (χ4v) is 4.15. The van der Waals surface area contributed by atoms with Gasteiger partial charge in [-0.1, -0.05) is 0 Å². The lowest BCUT2D eigenvalue weighted by Gasteiger charge is -2.07. The van der Waals surface area contributed by atoms with Gasteiger partial charge in [-0.15, -0.1) is 11.3 Å². The third-order valence-electron chi connectivity index (χ3n) is 5.17. The number of carbonyl (C=O) groups excluding carboxylic acids is 4. The minimum atomic E-state index is -0.745. The number of hydrogen-bond acceptors (Lipinski definition) is 11. The van der Waals surface area contributed by atoms with Crippen molar-refractivity contribution in [3.05, 3.63) is 91.0 Å². The molecule has 0 saturated carbocycles. The number of esters is 4. The molecule has 0 unspecified atom stereocenters. The second kappa shape index (κ2) is 12.5. The SMILES string of the molecule is COC(=O)c1cc(C(=O)OC)cc(/[N+]([O-])=C/c2ccc(/C=[N+](\[O-])c3cc(C(=O)OC)cc(C(=O)OC)c3)s2)c1. The molecule has 0 amide bonds. The maximum Gasteiger partial charge on any atom is 0.338 e. The van der Waals surface area contributed by atoms with Gasteiger partial charge in [0, 0.05) is 24.3 Å². The van der Waals surface area contributed by atoms with Crippen molar-refractivity contribution >= 4 is 59.0 Å². The van der Waals surface area contributed by atoms with Gasteiger partial charge in [-0.25, -0.2) is 19.2 Å². The molecule has 1 aromatic heterocycles. The van der Waals surface area contributed by atoms with Gasteiger partial charge in [0.15, 0.2) is 12.4 Å². The summed E-state index contributed by atoms with van der Waals surface area (Å²) >= 11 is 1.08. The first kappa shape index (κ1) is 28.5. The molecule has 0 aliphatic rings. The van der Waals surface area contributed by atoms with Gasteiger partial charge in [0.2, 0.25) is 11.4 Å². The van der Waals surface area contributed by atoms with Gasteiger partial charge in [-0.2, -0.15) is 9.48 Å². The molecular formula is C26H22N2O10S. The summed E-state index contributed by atoms with van der Waals surface area (Å²) in [5.41, 5.74) is -0.144. The van der Waals surface area contributed by atoms with Crippen molar-refractivity contribution in [3.63, 3.8) is 0 Å². The van der Waals surface area contributed by atoms with Gasteiger partial charge in [0.25, 0.3) is 0 Å². The zero-order valence-corrected chi connectivity index (χ0v) is 22.0. The zero-order valence-electron chi connectivity index (χ0n) is 21.2. The quantitative estimate of drug-likeness (QED) is 0.101. The van der Waals surface area contributed by atoms with E-state index in [4.69, 9.17) is 0 Å². The molecule has 0 spiro atoms. The molecule has 2 aromatic carbocycles. The first-order valence-corrected chi connectivity index (χ1v) is 11.8. The molecule has 0 aliphatic carbocycles. The number of nitrogens with zero attached hydrogens (tertiary/aromatic N) is 2. The molecule has 1 heterocycles. The van der Waals surface area contributed by atoms with Gasteiger partial charge in [0.05, 0.1) is 60.4 Å². The van der Waals surface area contributed by atoms with Gasteiger partial charge in [0.1, 0.15) is 0 Å². The minimum Gasteiger partial charge on any atom is -0.618 e. The molecule has 0 bridgehead atoms. The molecule has 0 N–H and O–H groups in total. The molecule has 13 heteroatoms. The van der Waals surface area contributed by atoms with Gasteiger partial charge in [-0.05, 0) is 24.3 Å². The number of benzene rings is 2. The highest BCUT2D eigenvalue weighted by Gasteiger charge is 2.19. The fraction of sp³-hybridized carbons (Fsp3) is 0.154. The Morgan fingerprint density at radius 3 is 1.13 bits per heavy atom. The predicted octanol–water partition coefficient (Wildman–Crippen LogP) is 3.42. The van der Waals surface area contributed by atoms with E-state index >= 15 is 0 Å². The van der Waals surface area contributed by atoms with E-state index in [1.165, 1.54) is 77.3 Å². The number of carbonyl (C=O) groups is 4. The summed E-state index contributed by atoms with van der Waals surface area (Å²) in [6, 6.07) is 10.7. The summed E-state index contributed by atoms with van der Waals surface area (Å²) in [5, 5.41) is 25.7. The number of ether oxygens (including phenoxy) is 4. The number of methoxy groups -OCH3 is 4. The average Bonchev–Trinajstić information content (AvgIpc) is 3.40. The van der Waals surface area contributed by atoms with Gasteiger partial charge in [-0.3, -0.25) is 0 Å². The van der Waals surface area contributed by atoms with Crippen LogP contribution in [-0.2, 0) is 18.9 Å². The van der Waals surface area contributed by atoms with Crippen molar-refractivity contribution < 1.29 is 47.6 Å². The highest BCUT2D eigenvalue weighted by atomic mass is 32.1. The van der Waals surface area contributed by atoms with E-state index < -0.39 is 23.9 Å². The monoisotopic (exact) mass is 554 g/mol. The topological polar surface area (TPSA) is 157 Å². The number of thiophene rings is 1. The normalized spacial score (nSPS) is 11.5. The van der Waals surface area contributed by atoms with E-state index in [1.54, 1.807) is 12.1 Å². The molecular weight excluding hydrogens is 532 g/mol. The van der Waals surface area contributed by atoms with Crippen molar-refractivity contribution in [2.45, 2.75) is 0 Å². The Morgan fingerprint density at radius 2 is 0.872 bits per heavy atom. The highest BCUT2D eigenvalue weighted by Crippen LogP contribution is 2.22. The highest BCUT2D eigenvalue weighted by molar-refractivity contribution is 7.15. The first-order valence-electron chi connectivity index (χ1n) is 11.0. The third-order valence-corrected chi connectivity index (χ3v) is 6.12. The van der Waals surface area contributed by atoms with Crippen molar-refractivity contribution in [1.82, 2.24) is 0 Å². The number of rotatable bonds is 8. The third kappa shape index (κ3) is 6.84. The van der Waals surface area contributed by atoms with Gasteiger partial charge < -0.3 is 29.4 Å². The van der Waals surface area contributed by atoms with Crippen LogP contribution in [0.15, 0.2) is 48.5 Å². The van der Waals surface area contributed by atoms with Crippen LogP contribution < -0.4 is 0 Å². The van der Waals surface area contributed by atoms with E-state index in [-0.39, 0.29) is 33.6 Å². The molecule has 202 valence electrons. The van der Waals surface area contributed by atoms with Crippen molar-refractivity contribution in [1.29, 1.82) is 0 Å². The molecule has 3 rings (SSSR count). The lowest BCUT2D eigenvalue weighted by atomic mass is 10.1. The summed E-state index contributed by atoms with van der Waals surface area (Å²) in [6.07, 6.45) is 2.39. The second-order valence-corrected chi connectivity index (χ2v) is 8.80. The largest absolute Gasteiger partial charge is 0.618 e. The molecule has 3 aromatic rings. The van der Waals surface area contributed by atoms with E-state index in [2.05, 4.69) is 18.9 Å². The Balaban J connectivity index is 1.95. The second-order valence-electron chi connectivity index (χ2n) is 7.65.